The molecule has 21 heavy (non-hydrogen) atoms. The summed E-state index contributed by atoms with van der Waals surface area (Å²) in [5, 5.41) is 1.05. The molecule has 1 atom stereocenters. The second-order valence-corrected chi connectivity index (χ2v) is 5.63. The Hall–Kier alpha value is -2.13. The molecule has 0 saturated carbocycles. The lowest BCUT2D eigenvalue weighted by molar-refractivity contribution is 0.524. The molecular formula is C18H18FNO. The van der Waals surface area contributed by atoms with E-state index in [0.717, 1.165) is 16.5 Å². The molecule has 3 heteroatoms. The molecule has 0 aliphatic rings. The number of rotatable bonds is 3. The van der Waals surface area contributed by atoms with E-state index in [1.54, 1.807) is 12.1 Å². The number of hydrogen-bond acceptors (Lipinski definition) is 2. The van der Waals surface area contributed by atoms with Crippen LogP contribution < -0.4 is 5.73 Å². The first-order chi connectivity index (χ1) is 10.0. The van der Waals surface area contributed by atoms with Crippen molar-refractivity contribution >= 4 is 11.0 Å². The fourth-order valence-electron chi connectivity index (χ4n) is 2.43. The van der Waals surface area contributed by atoms with Gasteiger partial charge < -0.3 is 10.2 Å². The maximum absolute atomic E-state index is 13.0. The van der Waals surface area contributed by atoms with Crippen LogP contribution in [0, 0.1) is 5.82 Å². The van der Waals surface area contributed by atoms with Gasteiger partial charge in [-0.15, -0.1) is 0 Å². The molecule has 2 aromatic carbocycles. The molecule has 0 spiro atoms. The summed E-state index contributed by atoms with van der Waals surface area (Å²) in [5.74, 6) is 0.896. The number of benzene rings is 2. The molecule has 0 fully saturated rings. The van der Waals surface area contributed by atoms with Gasteiger partial charge in [-0.3, -0.25) is 0 Å². The van der Waals surface area contributed by atoms with Crippen LogP contribution in [0.3, 0.4) is 0 Å². The fourth-order valence-corrected chi connectivity index (χ4v) is 2.43. The molecule has 1 aromatic heterocycles. The van der Waals surface area contributed by atoms with Crippen LogP contribution in [0.25, 0.3) is 11.0 Å². The molecule has 0 amide bonds. The standard InChI is InChI=1S/C18H18FNO/c1-11(2)13-5-8-16-14(9-13)10-17(21-16)18(20)12-3-6-15(19)7-4-12/h3-11,18H,20H2,1-2H3. The van der Waals surface area contributed by atoms with Gasteiger partial charge in [-0.2, -0.15) is 0 Å². The molecule has 3 aromatic rings. The quantitative estimate of drug-likeness (QED) is 0.753. The van der Waals surface area contributed by atoms with Gasteiger partial charge >= 0.3 is 0 Å². The van der Waals surface area contributed by atoms with Gasteiger partial charge in [-0.25, -0.2) is 4.39 Å². The first-order valence-corrected chi connectivity index (χ1v) is 7.09. The first kappa shape index (κ1) is 13.8. The van der Waals surface area contributed by atoms with Crippen molar-refractivity contribution in [2.45, 2.75) is 25.8 Å². The van der Waals surface area contributed by atoms with E-state index in [0.29, 0.717) is 11.7 Å². The van der Waals surface area contributed by atoms with Crippen molar-refractivity contribution < 1.29 is 8.81 Å². The van der Waals surface area contributed by atoms with Crippen LogP contribution >= 0.6 is 0 Å². The minimum absolute atomic E-state index is 0.267. The van der Waals surface area contributed by atoms with Crippen LogP contribution in [0.4, 0.5) is 4.39 Å². The molecule has 2 N–H and O–H groups in total. The van der Waals surface area contributed by atoms with Crippen molar-refractivity contribution in [2.75, 3.05) is 0 Å². The molecule has 108 valence electrons. The van der Waals surface area contributed by atoms with Crippen LogP contribution in [-0.4, -0.2) is 0 Å². The number of fused-ring (bicyclic) bond motifs is 1. The normalized spacial score (nSPS) is 13.0. The Bertz CT molecular complexity index is 758. The summed E-state index contributed by atoms with van der Waals surface area (Å²) < 4.78 is 18.8. The number of halogens is 1. The molecule has 0 radical (unpaired) electrons. The van der Waals surface area contributed by atoms with E-state index in [9.17, 15) is 4.39 Å². The van der Waals surface area contributed by atoms with Gasteiger partial charge in [0.1, 0.15) is 17.2 Å². The highest BCUT2D eigenvalue weighted by Gasteiger charge is 2.15. The summed E-state index contributed by atoms with van der Waals surface area (Å²) in [6, 6.07) is 14.0. The Morgan fingerprint density at radius 1 is 0.952 bits per heavy atom. The number of hydrogen-bond donors (Lipinski definition) is 1. The minimum atomic E-state index is -0.388. The van der Waals surface area contributed by atoms with Crippen molar-refractivity contribution in [1.82, 2.24) is 0 Å². The van der Waals surface area contributed by atoms with E-state index in [4.69, 9.17) is 10.2 Å². The second-order valence-electron chi connectivity index (χ2n) is 5.63. The Balaban J connectivity index is 1.98. The van der Waals surface area contributed by atoms with Crippen LogP contribution in [0.15, 0.2) is 52.9 Å². The zero-order chi connectivity index (χ0) is 15.0. The Morgan fingerprint density at radius 3 is 2.29 bits per heavy atom. The monoisotopic (exact) mass is 283 g/mol. The lowest BCUT2D eigenvalue weighted by atomic mass is 10.0. The average molecular weight is 283 g/mol. The van der Waals surface area contributed by atoms with Crippen LogP contribution in [0.1, 0.15) is 42.7 Å². The van der Waals surface area contributed by atoms with Gasteiger partial charge in [-0.1, -0.05) is 32.0 Å². The highest BCUT2D eigenvalue weighted by molar-refractivity contribution is 5.79. The predicted molar refractivity (Wildman–Crippen MR) is 82.7 cm³/mol. The van der Waals surface area contributed by atoms with Gasteiger partial charge in [0.25, 0.3) is 0 Å². The maximum atomic E-state index is 13.0. The lowest BCUT2D eigenvalue weighted by Crippen LogP contribution is -2.10. The number of nitrogens with two attached hydrogens (primary N) is 1. The molecule has 0 aliphatic carbocycles. The van der Waals surface area contributed by atoms with E-state index in [-0.39, 0.29) is 11.9 Å². The maximum Gasteiger partial charge on any atom is 0.134 e. The predicted octanol–water partition coefficient (Wildman–Crippen LogP) is 4.74. The van der Waals surface area contributed by atoms with Gasteiger partial charge in [0, 0.05) is 5.39 Å². The summed E-state index contributed by atoms with van der Waals surface area (Å²) in [6.07, 6.45) is 0. The molecule has 0 saturated heterocycles. The molecule has 1 unspecified atom stereocenters. The van der Waals surface area contributed by atoms with E-state index in [1.807, 2.05) is 12.1 Å². The minimum Gasteiger partial charge on any atom is -0.459 e. The largest absolute Gasteiger partial charge is 0.459 e. The molecule has 1 heterocycles. The van der Waals surface area contributed by atoms with E-state index < -0.39 is 0 Å². The second kappa shape index (κ2) is 5.34. The first-order valence-electron chi connectivity index (χ1n) is 7.09. The molecule has 0 bridgehead atoms. The summed E-state index contributed by atoms with van der Waals surface area (Å²) >= 11 is 0. The Kier molecular flexibility index (Phi) is 3.52. The van der Waals surface area contributed by atoms with Crippen LogP contribution in [0.2, 0.25) is 0 Å². The van der Waals surface area contributed by atoms with Crippen molar-refractivity contribution in [3.8, 4) is 0 Å². The van der Waals surface area contributed by atoms with Crippen molar-refractivity contribution in [2.24, 2.45) is 5.73 Å². The number of furan rings is 1. The van der Waals surface area contributed by atoms with Gasteiger partial charge in [-0.05, 0) is 47.4 Å². The topological polar surface area (TPSA) is 39.2 Å². The molecule has 0 aliphatic heterocycles. The van der Waals surface area contributed by atoms with Crippen molar-refractivity contribution in [1.29, 1.82) is 0 Å². The fraction of sp³-hybridized carbons (Fsp3) is 0.222. The Morgan fingerprint density at radius 2 is 1.62 bits per heavy atom. The van der Waals surface area contributed by atoms with Crippen LogP contribution in [-0.2, 0) is 0 Å². The lowest BCUT2D eigenvalue weighted by Gasteiger charge is -2.08. The molecule has 3 rings (SSSR count). The zero-order valence-corrected chi connectivity index (χ0v) is 12.1. The Labute approximate surface area is 123 Å². The third kappa shape index (κ3) is 2.69. The third-order valence-corrected chi connectivity index (χ3v) is 3.76. The van der Waals surface area contributed by atoms with Gasteiger partial charge in [0.15, 0.2) is 0 Å². The highest BCUT2D eigenvalue weighted by Crippen LogP contribution is 2.29. The van der Waals surface area contributed by atoms with E-state index in [1.165, 1.54) is 17.7 Å². The van der Waals surface area contributed by atoms with E-state index >= 15 is 0 Å². The van der Waals surface area contributed by atoms with Gasteiger partial charge in [0.2, 0.25) is 0 Å². The van der Waals surface area contributed by atoms with Crippen LogP contribution in [0.5, 0.6) is 0 Å². The summed E-state index contributed by atoms with van der Waals surface area (Å²) in [5.41, 5.74) is 9.14. The SMILES string of the molecule is CC(C)c1ccc2oc(C(N)c3ccc(F)cc3)cc2c1. The van der Waals surface area contributed by atoms with Crippen molar-refractivity contribution in [3.05, 3.63) is 71.2 Å². The van der Waals surface area contributed by atoms with E-state index in [2.05, 4.69) is 26.0 Å². The summed E-state index contributed by atoms with van der Waals surface area (Å²) in [7, 11) is 0. The third-order valence-electron chi connectivity index (χ3n) is 3.76. The smallest absolute Gasteiger partial charge is 0.134 e. The zero-order valence-electron chi connectivity index (χ0n) is 12.1. The van der Waals surface area contributed by atoms with Gasteiger partial charge in [0.05, 0.1) is 6.04 Å². The highest BCUT2D eigenvalue weighted by atomic mass is 19.1. The summed E-state index contributed by atoms with van der Waals surface area (Å²) in [4.78, 5) is 0. The average Bonchev–Trinajstić information content (AvgIpc) is 2.90. The molecule has 2 nitrogen and oxygen atoms in total. The molecular weight excluding hydrogens is 265 g/mol. The van der Waals surface area contributed by atoms with Crippen molar-refractivity contribution in [3.63, 3.8) is 0 Å². The summed E-state index contributed by atoms with van der Waals surface area (Å²) in [6.45, 7) is 4.32.